The third kappa shape index (κ3) is 3.43. The van der Waals surface area contributed by atoms with Crippen molar-refractivity contribution in [3.8, 4) is 11.3 Å². The molecule has 0 bridgehead atoms. The van der Waals surface area contributed by atoms with Gasteiger partial charge < -0.3 is 10.5 Å². The van der Waals surface area contributed by atoms with Gasteiger partial charge in [0.2, 0.25) is 0 Å². The predicted octanol–water partition coefficient (Wildman–Crippen LogP) is 2.19. The Morgan fingerprint density at radius 2 is 2.00 bits per heavy atom. The van der Waals surface area contributed by atoms with Crippen molar-refractivity contribution in [2.45, 2.75) is 33.4 Å². The number of benzene rings is 1. The molecule has 118 valence electrons. The minimum atomic E-state index is -0.338. The van der Waals surface area contributed by atoms with Crippen molar-refractivity contribution in [1.82, 2.24) is 9.78 Å². The van der Waals surface area contributed by atoms with Gasteiger partial charge in [-0.25, -0.2) is 4.68 Å². The molecule has 0 amide bonds. The van der Waals surface area contributed by atoms with E-state index in [9.17, 15) is 4.79 Å². The number of aryl methyl sites for hydroxylation is 2. The van der Waals surface area contributed by atoms with Gasteiger partial charge in [0.15, 0.2) is 0 Å². The number of rotatable bonds is 5. The summed E-state index contributed by atoms with van der Waals surface area (Å²) in [4.78, 5) is 12.4. The SMILES string of the molecule is COCCn1nc(-c2ccc(C)c(C)c2)cc(C(C)N)c1=O. The van der Waals surface area contributed by atoms with E-state index in [0.29, 0.717) is 18.7 Å². The lowest BCUT2D eigenvalue weighted by Gasteiger charge is -2.13. The highest BCUT2D eigenvalue weighted by atomic mass is 16.5. The number of aromatic nitrogens is 2. The molecule has 0 radical (unpaired) electrons. The van der Waals surface area contributed by atoms with Crippen molar-refractivity contribution in [2.24, 2.45) is 5.73 Å². The van der Waals surface area contributed by atoms with Gasteiger partial charge in [-0.3, -0.25) is 4.79 Å². The number of methoxy groups -OCH3 is 1. The Labute approximate surface area is 130 Å². The van der Waals surface area contributed by atoms with Crippen LogP contribution in [-0.2, 0) is 11.3 Å². The third-order valence-corrected chi connectivity index (χ3v) is 3.80. The Hall–Kier alpha value is -1.98. The van der Waals surface area contributed by atoms with Crippen LogP contribution in [0.1, 0.15) is 29.7 Å². The number of hydrogen-bond acceptors (Lipinski definition) is 4. The van der Waals surface area contributed by atoms with Gasteiger partial charge >= 0.3 is 0 Å². The molecular formula is C17H23N3O2. The van der Waals surface area contributed by atoms with E-state index in [2.05, 4.69) is 31.1 Å². The van der Waals surface area contributed by atoms with Crippen molar-refractivity contribution in [2.75, 3.05) is 13.7 Å². The minimum Gasteiger partial charge on any atom is -0.383 e. The van der Waals surface area contributed by atoms with E-state index in [0.717, 1.165) is 11.3 Å². The maximum Gasteiger partial charge on any atom is 0.271 e. The van der Waals surface area contributed by atoms with Crippen LogP contribution in [0.2, 0.25) is 0 Å². The molecule has 1 heterocycles. The Balaban J connectivity index is 2.57. The highest BCUT2D eigenvalue weighted by Crippen LogP contribution is 2.21. The molecular weight excluding hydrogens is 278 g/mol. The zero-order valence-electron chi connectivity index (χ0n) is 13.6. The van der Waals surface area contributed by atoms with Crippen molar-refractivity contribution >= 4 is 0 Å². The minimum absolute atomic E-state index is 0.153. The monoisotopic (exact) mass is 301 g/mol. The first-order valence-corrected chi connectivity index (χ1v) is 7.38. The molecule has 0 aliphatic rings. The Bertz CT molecular complexity index is 720. The third-order valence-electron chi connectivity index (χ3n) is 3.80. The van der Waals surface area contributed by atoms with Crippen molar-refractivity contribution < 1.29 is 4.74 Å². The van der Waals surface area contributed by atoms with Crippen LogP contribution in [0.25, 0.3) is 11.3 Å². The van der Waals surface area contributed by atoms with Crippen LogP contribution in [0.15, 0.2) is 29.1 Å². The Morgan fingerprint density at radius 1 is 1.27 bits per heavy atom. The molecule has 0 aliphatic heterocycles. The molecule has 2 N–H and O–H groups in total. The summed E-state index contributed by atoms with van der Waals surface area (Å²) in [5.41, 5.74) is 10.5. The Kier molecular flexibility index (Phi) is 5.11. The normalized spacial score (nSPS) is 12.4. The maximum absolute atomic E-state index is 12.4. The second-order valence-corrected chi connectivity index (χ2v) is 5.59. The first-order valence-electron chi connectivity index (χ1n) is 7.38. The summed E-state index contributed by atoms with van der Waals surface area (Å²) >= 11 is 0. The molecule has 5 nitrogen and oxygen atoms in total. The van der Waals surface area contributed by atoms with Gasteiger partial charge in [0.25, 0.3) is 5.56 Å². The molecule has 1 aromatic carbocycles. The second kappa shape index (κ2) is 6.85. The van der Waals surface area contributed by atoms with Crippen LogP contribution in [0, 0.1) is 13.8 Å². The fourth-order valence-electron chi connectivity index (χ4n) is 2.26. The number of nitrogens with two attached hydrogens (primary N) is 1. The molecule has 0 spiro atoms. The molecule has 1 unspecified atom stereocenters. The van der Waals surface area contributed by atoms with Gasteiger partial charge in [-0.15, -0.1) is 0 Å². The molecule has 5 heteroatoms. The highest BCUT2D eigenvalue weighted by molar-refractivity contribution is 5.61. The van der Waals surface area contributed by atoms with E-state index < -0.39 is 0 Å². The van der Waals surface area contributed by atoms with E-state index >= 15 is 0 Å². The molecule has 0 fully saturated rings. The molecule has 0 saturated heterocycles. The summed E-state index contributed by atoms with van der Waals surface area (Å²) in [6.07, 6.45) is 0. The molecule has 1 aromatic heterocycles. The van der Waals surface area contributed by atoms with Gasteiger partial charge in [0.1, 0.15) is 0 Å². The molecule has 22 heavy (non-hydrogen) atoms. The zero-order chi connectivity index (χ0) is 16.3. The number of ether oxygens (including phenoxy) is 1. The van der Waals surface area contributed by atoms with E-state index in [1.807, 2.05) is 13.0 Å². The van der Waals surface area contributed by atoms with Crippen LogP contribution in [0.4, 0.5) is 0 Å². The summed E-state index contributed by atoms with van der Waals surface area (Å²) in [7, 11) is 1.60. The van der Waals surface area contributed by atoms with E-state index in [4.69, 9.17) is 10.5 Å². The average molecular weight is 301 g/mol. The molecule has 1 atom stereocenters. The summed E-state index contributed by atoms with van der Waals surface area (Å²) in [5.74, 6) is 0. The summed E-state index contributed by atoms with van der Waals surface area (Å²) < 4.78 is 6.49. The number of hydrogen-bond donors (Lipinski definition) is 1. The predicted molar refractivity (Wildman–Crippen MR) is 87.9 cm³/mol. The number of nitrogens with zero attached hydrogens (tertiary/aromatic N) is 2. The van der Waals surface area contributed by atoms with Crippen LogP contribution in [-0.4, -0.2) is 23.5 Å². The summed E-state index contributed by atoms with van der Waals surface area (Å²) in [6.45, 7) is 6.78. The lowest BCUT2D eigenvalue weighted by molar-refractivity contribution is 0.181. The van der Waals surface area contributed by atoms with Crippen LogP contribution in [0.3, 0.4) is 0 Å². The molecule has 2 rings (SSSR count). The zero-order valence-corrected chi connectivity index (χ0v) is 13.6. The first kappa shape index (κ1) is 16.4. The smallest absolute Gasteiger partial charge is 0.271 e. The molecule has 0 aliphatic carbocycles. The average Bonchev–Trinajstić information content (AvgIpc) is 2.48. The lowest BCUT2D eigenvalue weighted by atomic mass is 10.0. The van der Waals surface area contributed by atoms with Gasteiger partial charge in [0, 0.05) is 24.3 Å². The fourth-order valence-corrected chi connectivity index (χ4v) is 2.26. The molecule has 2 aromatic rings. The standard InChI is InChI=1S/C17H23N3O2/c1-11-5-6-14(9-12(11)2)16-10-15(13(3)18)17(21)20(19-16)7-8-22-4/h5-6,9-10,13H,7-8,18H2,1-4H3. The molecule has 0 saturated carbocycles. The van der Waals surface area contributed by atoms with Crippen molar-refractivity contribution in [1.29, 1.82) is 0 Å². The summed E-state index contributed by atoms with van der Waals surface area (Å²) in [5, 5.41) is 4.46. The van der Waals surface area contributed by atoms with E-state index in [-0.39, 0.29) is 11.6 Å². The van der Waals surface area contributed by atoms with Gasteiger partial charge in [-0.1, -0.05) is 12.1 Å². The summed E-state index contributed by atoms with van der Waals surface area (Å²) in [6, 6.07) is 7.60. The Morgan fingerprint density at radius 3 is 2.59 bits per heavy atom. The van der Waals surface area contributed by atoms with Crippen molar-refractivity contribution in [3.63, 3.8) is 0 Å². The van der Waals surface area contributed by atoms with Crippen LogP contribution >= 0.6 is 0 Å². The van der Waals surface area contributed by atoms with Crippen LogP contribution < -0.4 is 11.3 Å². The lowest BCUT2D eigenvalue weighted by Crippen LogP contribution is -2.30. The van der Waals surface area contributed by atoms with Crippen LogP contribution in [0.5, 0.6) is 0 Å². The fraction of sp³-hybridized carbons (Fsp3) is 0.412. The quantitative estimate of drug-likeness (QED) is 0.919. The van der Waals surface area contributed by atoms with Crippen molar-refractivity contribution in [3.05, 3.63) is 51.3 Å². The highest BCUT2D eigenvalue weighted by Gasteiger charge is 2.13. The van der Waals surface area contributed by atoms with E-state index in [1.165, 1.54) is 15.8 Å². The first-order chi connectivity index (χ1) is 10.4. The van der Waals surface area contributed by atoms with E-state index in [1.54, 1.807) is 13.2 Å². The van der Waals surface area contributed by atoms with Gasteiger partial charge in [-0.2, -0.15) is 5.10 Å². The topological polar surface area (TPSA) is 70.1 Å². The van der Waals surface area contributed by atoms with Gasteiger partial charge in [-0.05, 0) is 44.0 Å². The second-order valence-electron chi connectivity index (χ2n) is 5.59. The maximum atomic E-state index is 12.4. The van der Waals surface area contributed by atoms with Gasteiger partial charge in [0.05, 0.1) is 18.8 Å². The largest absolute Gasteiger partial charge is 0.383 e.